The predicted molar refractivity (Wildman–Crippen MR) is 69.2 cm³/mol. The first-order chi connectivity index (χ1) is 8.56. The topological polar surface area (TPSA) is 53.7 Å². The van der Waals surface area contributed by atoms with Crippen molar-refractivity contribution in [3.63, 3.8) is 0 Å². The normalized spacial score (nSPS) is 10.3. The molecule has 0 atom stereocenters. The average molecular weight is 266 g/mol. The van der Waals surface area contributed by atoms with E-state index in [1.54, 1.807) is 6.07 Å². The van der Waals surface area contributed by atoms with E-state index in [0.29, 0.717) is 17.5 Å². The van der Waals surface area contributed by atoms with Crippen LogP contribution < -0.4 is 4.90 Å². The van der Waals surface area contributed by atoms with Gasteiger partial charge in [0.2, 0.25) is 5.76 Å². The summed E-state index contributed by atoms with van der Waals surface area (Å²) in [5, 5.41) is 9.46. The summed E-state index contributed by atoms with van der Waals surface area (Å²) < 4.78 is 5.20. The summed E-state index contributed by atoms with van der Waals surface area (Å²) in [6.07, 6.45) is 0. The van der Waals surface area contributed by atoms with Crippen LogP contribution in [0.4, 0.5) is 5.88 Å². The molecule has 2 rings (SSSR count). The SMILES string of the molecule is CN(Cc1ccc(Cl)cc1)c1ccc(C(=O)O)o1. The number of furan rings is 1. The van der Waals surface area contributed by atoms with Gasteiger partial charge in [0, 0.05) is 24.7 Å². The van der Waals surface area contributed by atoms with Gasteiger partial charge in [0.25, 0.3) is 0 Å². The molecule has 94 valence electrons. The van der Waals surface area contributed by atoms with Crippen LogP contribution in [0.3, 0.4) is 0 Å². The molecule has 1 heterocycles. The summed E-state index contributed by atoms with van der Waals surface area (Å²) in [7, 11) is 1.83. The van der Waals surface area contributed by atoms with Crippen molar-refractivity contribution in [3.05, 3.63) is 52.7 Å². The molecule has 0 saturated carbocycles. The molecule has 1 aromatic carbocycles. The van der Waals surface area contributed by atoms with E-state index in [-0.39, 0.29) is 5.76 Å². The van der Waals surface area contributed by atoms with Crippen LogP contribution in [0.25, 0.3) is 0 Å². The second-order valence-electron chi connectivity index (χ2n) is 3.93. The second-order valence-corrected chi connectivity index (χ2v) is 4.36. The number of carboxylic acids is 1. The molecule has 5 heteroatoms. The van der Waals surface area contributed by atoms with E-state index in [1.165, 1.54) is 6.07 Å². The molecule has 4 nitrogen and oxygen atoms in total. The van der Waals surface area contributed by atoms with E-state index >= 15 is 0 Å². The number of nitrogens with zero attached hydrogens (tertiary/aromatic N) is 1. The number of aromatic carboxylic acids is 1. The number of carbonyl (C=O) groups is 1. The van der Waals surface area contributed by atoms with Crippen molar-refractivity contribution in [2.75, 3.05) is 11.9 Å². The van der Waals surface area contributed by atoms with Crippen molar-refractivity contribution in [2.45, 2.75) is 6.54 Å². The Bertz CT molecular complexity index is 548. The Kier molecular flexibility index (Phi) is 3.58. The number of hydrogen-bond acceptors (Lipinski definition) is 3. The number of carboxylic acid groups (broad SMARTS) is 1. The smallest absolute Gasteiger partial charge is 0.371 e. The van der Waals surface area contributed by atoms with Crippen LogP contribution in [-0.4, -0.2) is 18.1 Å². The molecule has 0 aliphatic carbocycles. The first kappa shape index (κ1) is 12.5. The van der Waals surface area contributed by atoms with E-state index in [9.17, 15) is 4.79 Å². The zero-order valence-corrected chi connectivity index (χ0v) is 10.5. The fourth-order valence-electron chi connectivity index (χ4n) is 1.59. The molecule has 0 aliphatic rings. The summed E-state index contributed by atoms with van der Waals surface area (Å²) in [5.41, 5.74) is 1.06. The average Bonchev–Trinajstić information content (AvgIpc) is 2.81. The lowest BCUT2D eigenvalue weighted by Gasteiger charge is -2.15. The van der Waals surface area contributed by atoms with Gasteiger partial charge in [-0.2, -0.15) is 0 Å². The van der Waals surface area contributed by atoms with Crippen LogP contribution in [0.2, 0.25) is 5.02 Å². The minimum atomic E-state index is -1.07. The number of rotatable bonds is 4. The molecular weight excluding hydrogens is 254 g/mol. The fourth-order valence-corrected chi connectivity index (χ4v) is 1.72. The third-order valence-electron chi connectivity index (χ3n) is 2.51. The van der Waals surface area contributed by atoms with E-state index in [1.807, 2.05) is 36.2 Å². The minimum absolute atomic E-state index is 0.0621. The zero-order chi connectivity index (χ0) is 13.1. The van der Waals surface area contributed by atoms with Crippen molar-refractivity contribution in [1.29, 1.82) is 0 Å². The van der Waals surface area contributed by atoms with Crippen LogP contribution in [0.1, 0.15) is 16.1 Å². The van der Waals surface area contributed by atoms with Crippen LogP contribution in [0, 0.1) is 0 Å². The maximum Gasteiger partial charge on any atom is 0.371 e. The highest BCUT2D eigenvalue weighted by Gasteiger charge is 2.11. The molecule has 0 radical (unpaired) electrons. The van der Waals surface area contributed by atoms with Gasteiger partial charge in [0.15, 0.2) is 5.88 Å². The number of anilines is 1. The summed E-state index contributed by atoms with van der Waals surface area (Å²) in [5.74, 6) is -0.614. The summed E-state index contributed by atoms with van der Waals surface area (Å²) in [6, 6.07) is 10.5. The van der Waals surface area contributed by atoms with Crippen molar-refractivity contribution >= 4 is 23.5 Å². The quantitative estimate of drug-likeness (QED) is 0.922. The third-order valence-corrected chi connectivity index (χ3v) is 2.76. The maximum absolute atomic E-state index is 10.7. The van der Waals surface area contributed by atoms with Gasteiger partial charge in [-0.3, -0.25) is 0 Å². The van der Waals surface area contributed by atoms with Gasteiger partial charge in [-0.25, -0.2) is 4.79 Å². The molecule has 0 aliphatic heterocycles. The Balaban J connectivity index is 2.09. The molecule has 1 N–H and O–H groups in total. The highest BCUT2D eigenvalue weighted by atomic mass is 35.5. The third kappa shape index (κ3) is 2.84. The van der Waals surface area contributed by atoms with Crippen LogP contribution in [0.5, 0.6) is 0 Å². The van der Waals surface area contributed by atoms with E-state index in [4.69, 9.17) is 21.1 Å². The fraction of sp³-hybridized carbons (Fsp3) is 0.154. The molecule has 0 bridgehead atoms. The molecule has 0 saturated heterocycles. The van der Waals surface area contributed by atoms with E-state index in [0.717, 1.165) is 5.56 Å². The molecule has 18 heavy (non-hydrogen) atoms. The number of benzene rings is 1. The van der Waals surface area contributed by atoms with Gasteiger partial charge in [-0.05, 0) is 23.8 Å². The predicted octanol–water partition coefficient (Wildman–Crippen LogP) is 3.27. The summed E-state index contributed by atoms with van der Waals surface area (Å²) >= 11 is 5.81. The molecule has 0 unspecified atom stereocenters. The highest BCUT2D eigenvalue weighted by molar-refractivity contribution is 6.30. The molecular formula is C13H12ClNO3. The van der Waals surface area contributed by atoms with Crippen molar-refractivity contribution < 1.29 is 14.3 Å². The van der Waals surface area contributed by atoms with Crippen molar-refractivity contribution in [1.82, 2.24) is 0 Å². The summed E-state index contributed by atoms with van der Waals surface area (Å²) in [4.78, 5) is 12.5. The van der Waals surface area contributed by atoms with Gasteiger partial charge in [-0.1, -0.05) is 23.7 Å². The lowest BCUT2D eigenvalue weighted by molar-refractivity contribution is 0.0663. The Morgan fingerprint density at radius 3 is 2.50 bits per heavy atom. The number of hydrogen-bond donors (Lipinski definition) is 1. The van der Waals surface area contributed by atoms with Gasteiger partial charge in [0.05, 0.1) is 0 Å². The Morgan fingerprint density at radius 2 is 1.94 bits per heavy atom. The largest absolute Gasteiger partial charge is 0.475 e. The Morgan fingerprint density at radius 1 is 1.28 bits per heavy atom. The monoisotopic (exact) mass is 265 g/mol. The zero-order valence-electron chi connectivity index (χ0n) is 9.76. The van der Waals surface area contributed by atoms with Gasteiger partial charge in [-0.15, -0.1) is 0 Å². The summed E-state index contributed by atoms with van der Waals surface area (Å²) in [6.45, 7) is 0.615. The molecule has 0 fully saturated rings. The maximum atomic E-state index is 10.7. The van der Waals surface area contributed by atoms with Crippen molar-refractivity contribution in [2.24, 2.45) is 0 Å². The lowest BCUT2D eigenvalue weighted by Crippen LogP contribution is -2.15. The Hall–Kier alpha value is -1.94. The van der Waals surface area contributed by atoms with Crippen LogP contribution in [0.15, 0.2) is 40.8 Å². The Labute approximate surface area is 109 Å². The van der Waals surface area contributed by atoms with Gasteiger partial charge >= 0.3 is 5.97 Å². The van der Waals surface area contributed by atoms with Crippen LogP contribution >= 0.6 is 11.6 Å². The first-order valence-corrected chi connectivity index (χ1v) is 5.73. The highest BCUT2D eigenvalue weighted by Crippen LogP contribution is 2.20. The minimum Gasteiger partial charge on any atom is -0.475 e. The molecule has 0 spiro atoms. The molecule has 0 amide bonds. The number of halogens is 1. The van der Waals surface area contributed by atoms with Crippen molar-refractivity contribution in [3.8, 4) is 0 Å². The van der Waals surface area contributed by atoms with Gasteiger partial charge in [0.1, 0.15) is 0 Å². The first-order valence-electron chi connectivity index (χ1n) is 5.35. The van der Waals surface area contributed by atoms with Gasteiger partial charge < -0.3 is 14.4 Å². The van der Waals surface area contributed by atoms with E-state index < -0.39 is 5.97 Å². The standard InChI is InChI=1S/C13H12ClNO3/c1-15(8-9-2-4-10(14)5-3-9)12-7-6-11(18-12)13(16)17/h2-7H,8H2,1H3,(H,16,17). The molecule has 2 aromatic rings. The lowest BCUT2D eigenvalue weighted by atomic mass is 10.2. The van der Waals surface area contributed by atoms with Crippen LogP contribution in [-0.2, 0) is 6.54 Å². The molecule has 1 aromatic heterocycles. The van der Waals surface area contributed by atoms with E-state index in [2.05, 4.69) is 0 Å². The second kappa shape index (κ2) is 5.14.